The minimum Gasteiger partial charge on any atom is -0.394 e. The van der Waals surface area contributed by atoms with E-state index >= 15 is 0 Å². The summed E-state index contributed by atoms with van der Waals surface area (Å²) in [5, 5.41) is 19.1. The zero-order valence-corrected chi connectivity index (χ0v) is 9.65. The molecule has 0 amide bonds. The summed E-state index contributed by atoms with van der Waals surface area (Å²) in [5.74, 6) is 0. The molecule has 0 aliphatic rings. The van der Waals surface area contributed by atoms with Crippen LogP contribution in [0.15, 0.2) is 6.20 Å². The molecule has 0 saturated heterocycles. The van der Waals surface area contributed by atoms with Gasteiger partial charge in [0.05, 0.1) is 25.5 Å². The van der Waals surface area contributed by atoms with Gasteiger partial charge in [-0.25, -0.2) is 4.68 Å². The Morgan fingerprint density at radius 1 is 1.44 bits per heavy atom. The lowest BCUT2D eigenvalue weighted by Crippen LogP contribution is -2.23. The van der Waals surface area contributed by atoms with Gasteiger partial charge in [0, 0.05) is 19.3 Å². The normalized spacial score (nSPS) is 12.0. The van der Waals surface area contributed by atoms with Gasteiger partial charge < -0.3 is 15.2 Å². The number of aliphatic hydroxyl groups excluding tert-OH is 1. The largest absolute Gasteiger partial charge is 0.411 e. The molecular formula is C9H15F3N4O2. The van der Waals surface area contributed by atoms with Crippen molar-refractivity contribution in [1.82, 2.24) is 20.3 Å². The summed E-state index contributed by atoms with van der Waals surface area (Å²) in [6, 6.07) is 0. The van der Waals surface area contributed by atoms with Gasteiger partial charge in [0.2, 0.25) is 0 Å². The SMILES string of the molecule is OCCn1cc(CNCCOCC(F)(F)F)nn1. The Balaban J connectivity index is 2.07. The number of aromatic nitrogens is 3. The lowest BCUT2D eigenvalue weighted by molar-refractivity contribution is -0.173. The second-order valence-corrected chi connectivity index (χ2v) is 3.54. The Labute approximate surface area is 102 Å². The fourth-order valence-corrected chi connectivity index (χ4v) is 1.18. The summed E-state index contributed by atoms with van der Waals surface area (Å²) in [7, 11) is 0. The van der Waals surface area contributed by atoms with Crippen molar-refractivity contribution in [2.45, 2.75) is 19.3 Å². The third kappa shape index (κ3) is 6.52. The van der Waals surface area contributed by atoms with Crippen LogP contribution in [0.5, 0.6) is 0 Å². The molecule has 1 heterocycles. The lowest BCUT2D eigenvalue weighted by atomic mass is 10.4. The third-order valence-electron chi connectivity index (χ3n) is 1.91. The molecule has 0 aliphatic carbocycles. The molecule has 1 aromatic heterocycles. The monoisotopic (exact) mass is 268 g/mol. The van der Waals surface area contributed by atoms with E-state index in [-0.39, 0.29) is 13.2 Å². The smallest absolute Gasteiger partial charge is 0.394 e. The number of rotatable bonds is 8. The molecule has 0 aliphatic heterocycles. The van der Waals surface area contributed by atoms with Crippen LogP contribution in [-0.2, 0) is 17.8 Å². The molecule has 1 aromatic rings. The van der Waals surface area contributed by atoms with Crippen LogP contribution >= 0.6 is 0 Å². The molecule has 0 radical (unpaired) electrons. The Kier molecular flexibility index (Phi) is 6.02. The fraction of sp³-hybridized carbons (Fsp3) is 0.778. The molecule has 0 saturated carbocycles. The van der Waals surface area contributed by atoms with Crippen molar-refractivity contribution in [1.29, 1.82) is 0 Å². The summed E-state index contributed by atoms with van der Waals surface area (Å²) in [6.07, 6.45) is -2.63. The molecule has 0 bridgehead atoms. The maximum Gasteiger partial charge on any atom is 0.411 e. The van der Waals surface area contributed by atoms with Crippen molar-refractivity contribution in [3.05, 3.63) is 11.9 Å². The molecule has 18 heavy (non-hydrogen) atoms. The summed E-state index contributed by atoms with van der Waals surface area (Å²) in [4.78, 5) is 0. The number of aliphatic hydroxyl groups is 1. The van der Waals surface area contributed by atoms with Crippen molar-refractivity contribution in [2.24, 2.45) is 0 Å². The number of hydrogen-bond donors (Lipinski definition) is 2. The van der Waals surface area contributed by atoms with Crippen molar-refractivity contribution in [2.75, 3.05) is 26.4 Å². The van der Waals surface area contributed by atoms with Gasteiger partial charge in [0.1, 0.15) is 6.61 Å². The van der Waals surface area contributed by atoms with Crippen molar-refractivity contribution in [3.8, 4) is 0 Å². The fourth-order valence-electron chi connectivity index (χ4n) is 1.18. The number of ether oxygens (including phenoxy) is 1. The van der Waals surface area contributed by atoms with Gasteiger partial charge in [-0.15, -0.1) is 5.10 Å². The van der Waals surface area contributed by atoms with E-state index in [1.54, 1.807) is 6.20 Å². The first-order valence-corrected chi connectivity index (χ1v) is 5.36. The molecule has 0 atom stereocenters. The first-order chi connectivity index (χ1) is 8.51. The van der Waals surface area contributed by atoms with Crippen LogP contribution in [0, 0.1) is 0 Å². The molecule has 0 aromatic carbocycles. The number of hydrogen-bond acceptors (Lipinski definition) is 5. The van der Waals surface area contributed by atoms with Crippen LogP contribution < -0.4 is 5.32 Å². The van der Waals surface area contributed by atoms with E-state index in [0.29, 0.717) is 25.3 Å². The first-order valence-electron chi connectivity index (χ1n) is 5.36. The minimum absolute atomic E-state index is 0.0235. The van der Waals surface area contributed by atoms with E-state index in [1.165, 1.54) is 4.68 Å². The lowest BCUT2D eigenvalue weighted by Gasteiger charge is -2.07. The number of nitrogens with one attached hydrogen (secondary N) is 1. The van der Waals surface area contributed by atoms with Gasteiger partial charge in [-0.05, 0) is 0 Å². The van der Waals surface area contributed by atoms with Crippen LogP contribution in [0.1, 0.15) is 5.69 Å². The third-order valence-corrected chi connectivity index (χ3v) is 1.91. The summed E-state index contributed by atoms with van der Waals surface area (Å²) in [5.41, 5.74) is 0.652. The van der Waals surface area contributed by atoms with Gasteiger partial charge in [-0.3, -0.25) is 0 Å². The number of alkyl halides is 3. The van der Waals surface area contributed by atoms with Gasteiger partial charge in [-0.2, -0.15) is 13.2 Å². The Hall–Kier alpha value is -1.19. The predicted molar refractivity (Wildman–Crippen MR) is 55.7 cm³/mol. The van der Waals surface area contributed by atoms with Gasteiger partial charge in [0.15, 0.2) is 0 Å². The van der Waals surface area contributed by atoms with Crippen LogP contribution in [-0.4, -0.2) is 52.6 Å². The molecule has 9 heteroatoms. The summed E-state index contributed by atoms with van der Waals surface area (Å²) >= 11 is 0. The Bertz CT molecular complexity index is 343. The second-order valence-electron chi connectivity index (χ2n) is 3.54. The van der Waals surface area contributed by atoms with E-state index < -0.39 is 12.8 Å². The van der Waals surface area contributed by atoms with E-state index in [2.05, 4.69) is 20.4 Å². The highest BCUT2D eigenvalue weighted by Gasteiger charge is 2.27. The highest BCUT2D eigenvalue weighted by atomic mass is 19.4. The van der Waals surface area contributed by atoms with Crippen LogP contribution in [0.3, 0.4) is 0 Å². The predicted octanol–water partition coefficient (Wildman–Crippen LogP) is -0.0611. The maximum atomic E-state index is 11.7. The molecule has 0 spiro atoms. The Morgan fingerprint density at radius 2 is 2.22 bits per heavy atom. The summed E-state index contributed by atoms with van der Waals surface area (Å²) in [6.45, 7) is -0.237. The highest BCUT2D eigenvalue weighted by molar-refractivity contribution is 4.91. The number of nitrogens with zero attached hydrogens (tertiary/aromatic N) is 3. The number of halogens is 3. The highest BCUT2D eigenvalue weighted by Crippen LogP contribution is 2.13. The van der Waals surface area contributed by atoms with Crippen LogP contribution in [0.2, 0.25) is 0 Å². The van der Waals surface area contributed by atoms with Gasteiger partial charge in [-0.1, -0.05) is 5.21 Å². The van der Waals surface area contributed by atoms with Gasteiger partial charge >= 0.3 is 6.18 Å². The molecular weight excluding hydrogens is 253 g/mol. The standard InChI is InChI=1S/C9H15F3N4O2/c10-9(11,12)7-18-4-1-13-5-8-6-16(2-3-17)15-14-8/h6,13,17H,1-5,7H2. The van der Waals surface area contributed by atoms with Crippen LogP contribution in [0.4, 0.5) is 13.2 Å². The average Bonchev–Trinajstić information content (AvgIpc) is 2.70. The van der Waals surface area contributed by atoms with E-state index in [1.807, 2.05) is 0 Å². The van der Waals surface area contributed by atoms with E-state index in [4.69, 9.17) is 5.11 Å². The first kappa shape index (κ1) is 14.9. The molecule has 6 nitrogen and oxygen atoms in total. The minimum atomic E-state index is -4.28. The van der Waals surface area contributed by atoms with E-state index in [9.17, 15) is 13.2 Å². The van der Waals surface area contributed by atoms with Crippen LogP contribution in [0.25, 0.3) is 0 Å². The molecule has 0 unspecified atom stereocenters. The quantitative estimate of drug-likeness (QED) is 0.646. The zero-order valence-electron chi connectivity index (χ0n) is 9.65. The molecule has 104 valence electrons. The average molecular weight is 268 g/mol. The second kappa shape index (κ2) is 7.29. The van der Waals surface area contributed by atoms with E-state index in [0.717, 1.165) is 0 Å². The molecule has 0 fully saturated rings. The maximum absolute atomic E-state index is 11.7. The molecule has 1 rings (SSSR count). The van der Waals surface area contributed by atoms with Crippen molar-refractivity contribution >= 4 is 0 Å². The van der Waals surface area contributed by atoms with Crippen molar-refractivity contribution < 1.29 is 23.0 Å². The topological polar surface area (TPSA) is 72.2 Å². The Morgan fingerprint density at radius 3 is 2.89 bits per heavy atom. The summed E-state index contributed by atoms with van der Waals surface area (Å²) < 4.78 is 41.1. The van der Waals surface area contributed by atoms with Crippen molar-refractivity contribution in [3.63, 3.8) is 0 Å². The molecule has 2 N–H and O–H groups in total. The zero-order chi connectivity index (χ0) is 13.4. The van der Waals surface area contributed by atoms with Gasteiger partial charge in [0.25, 0.3) is 0 Å².